The summed E-state index contributed by atoms with van der Waals surface area (Å²) in [7, 11) is 0. The minimum absolute atomic E-state index is 0.107. The smallest absolute Gasteiger partial charge is 0.268 e. The number of hydrogen-bond acceptors (Lipinski definition) is 3. The Labute approximate surface area is 103 Å². The molecule has 5 nitrogen and oxygen atoms in total. The average molecular weight is 252 g/mol. The summed E-state index contributed by atoms with van der Waals surface area (Å²) in [5.74, 6) is 0.386. The van der Waals surface area contributed by atoms with Crippen molar-refractivity contribution in [2.75, 3.05) is 0 Å². The monoisotopic (exact) mass is 251 g/mol. The summed E-state index contributed by atoms with van der Waals surface area (Å²) in [5, 5.41) is 14.9. The van der Waals surface area contributed by atoms with E-state index in [0.717, 1.165) is 5.56 Å². The first kappa shape index (κ1) is 11.6. The largest absolute Gasteiger partial charge is 0.274 e. The number of rotatable bonds is 4. The van der Waals surface area contributed by atoms with Gasteiger partial charge < -0.3 is 0 Å². The number of nitro groups is 1. The van der Waals surface area contributed by atoms with Crippen molar-refractivity contribution in [2.24, 2.45) is 0 Å². The van der Waals surface area contributed by atoms with Crippen LogP contribution in [0.4, 0.5) is 5.69 Å². The van der Waals surface area contributed by atoms with Crippen LogP contribution in [0.25, 0.3) is 0 Å². The first-order valence-electron chi connectivity index (χ1n) is 5.00. The van der Waals surface area contributed by atoms with Gasteiger partial charge in [0.05, 0.1) is 29.1 Å². The first-order valence-corrected chi connectivity index (χ1v) is 5.53. The van der Waals surface area contributed by atoms with Gasteiger partial charge in [0.25, 0.3) is 5.69 Å². The summed E-state index contributed by atoms with van der Waals surface area (Å²) in [6, 6.07) is 6.63. The number of hydrogen-bond donors (Lipinski definition) is 0. The maximum atomic E-state index is 10.8. The lowest BCUT2D eigenvalue weighted by molar-refractivity contribution is -0.385. The van der Waals surface area contributed by atoms with Crippen LogP contribution in [0.5, 0.6) is 0 Å². The molecule has 0 radical (unpaired) electrons. The van der Waals surface area contributed by atoms with Crippen molar-refractivity contribution >= 4 is 17.3 Å². The standard InChI is InChI=1S/C11H10ClN3O2/c12-5-9-6-13-14(7-9)8-10-3-1-2-4-11(10)15(16)17/h1-4,6-7H,5,8H2. The number of nitrogens with zero attached hydrogens (tertiary/aromatic N) is 3. The van der Waals surface area contributed by atoms with Crippen LogP contribution in [0.3, 0.4) is 0 Å². The highest BCUT2D eigenvalue weighted by Crippen LogP contribution is 2.18. The molecule has 0 aliphatic carbocycles. The zero-order valence-corrected chi connectivity index (χ0v) is 9.67. The van der Waals surface area contributed by atoms with Gasteiger partial charge in [-0.1, -0.05) is 18.2 Å². The van der Waals surface area contributed by atoms with Crippen molar-refractivity contribution in [3.8, 4) is 0 Å². The van der Waals surface area contributed by atoms with E-state index in [4.69, 9.17) is 11.6 Å². The Morgan fingerprint density at radius 3 is 2.82 bits per heavy atom. The summed E-state index contributed by atoms with van der Waals surface area (Å²) in [5.41, 5.74) is 1.63. The van der Waals surface area contributed by atoms with Crippen LogP contribution in [-0.2, 0) is 12.4 Å². The van der Waals surface area contributed by atoms with Crippen LogP contribution < -0.4 is 0 Å². The second kappa shape index (κ2) is 4.97. The molecule has 1 aromatic carbocycles. The molecule has 6 heteroatoms. The van der Waals surface area contributed by atoms with Crippen LogP contribution in [0.2, 0.25) is 0 Å². The lowest BCUT2D eigenvalue weighted by atomic mass is 10.2. The molecule has 0 fully saturated rings. The van der Waals surface area contributed by atoms with Gasteiger partial charge in [0.1, 0.15) is 0 Å². The van der Waals surface area contributed by atoms with Gasteiger partial charge in [-0.3, -0.25) is 14.8 Å². The van der Waals surface area contributed by atoms with Gasteiger partial charge in [0.2, 0.25) is 0 Å². The van der Waals surface area contributed by atoms with E-state index >= 15 is 0 Å². The Bertz CT molecular complexity index is 539. The summed E-state index contributed by atoms with van der Waals surface area (Å²) in [6.45, 7) is 0.369. The average Bonchev–Trinajstić information content (AvgIpc) is 2.77. The third kappa shape index (κ3) is 2.62. The lowest BCUT2D eigenvalue weighted by Crippen LogP contribution is -2.03. The zero-order chi connectivity index (χ0) is 12.3. The Morgan fingerprint density at radius 2 is 2.18 bits per heavy atom. The predicted octanol–water partition coefficient (Wildman–Crippen LogP) is 2.58. The van der Waals surface area contributed by atoms with Crippen LogP contribution in [-0.4, -0.2) is 14.7 Å². The molecule has 88 valence electrons. The number of nitro benzene ring substituents is 1. The lowest BCUT2D eigenvalue weighted by Gasteiger charge is -2.02. The minimum atomic E-state index is -0.388. The highest BCUT2D eigenvalue weighted by atomic mass is 35.5. The SMILES string of the molecule is O=[N+]([O-])c1ccccc1Cn1cc(CCl)cn1. The molecule has 1 aromatic heterocycles. The molecule has 1 heterocycles. The molecule has 17 heavy (non-hydrogen) atoms. The van der Waals surface area contributed by atoms with Crippen LogP contribution >= 0.6 is 11.6 Å². The number of para-hydroxylation sites is 1. The number of aromatic nitrogens is 2. The normalized spacial score (nSPS) is 10.4. The fourth-order valence-electron chi connectivity index (χ4n) is 1.56. The van der Waals surface area contributed by atoms with Crippen molar-refractivity contribution < 1.29 is 4.92 Å². The van der Waals surface area contributed by atoms with E-state index in [-0.39, 0.29) is 10.6 Å². The Hall–Kier alpha value is -1.88. The maximum Gasteiger partial charge on any atom is 0.274 e. The summed E-state index contributed by atoms with van der Waals surface area (Å²) < 4.78 is 1.64. The van der Waals surface area contributed by atoms with Crippen molar-refractivity contribution in [1.82, 2.24) is 9.78 Å². The molecule has 0 saturated heterocycles. The van der Waals surface area contributed by atoms with Crippen molar-refractivity contribution in [3.63, 3.8) is 0 Å². The van der Waals surface area contributed by atoms with Crippen LogP contribution in [0.1, 0.15) is 11.1 Å². The first-order chi connectivity index (χ1) is 8.20. The van der Waals surface area contributed by atoms with Crippen molar-refractivity contribution in [1.29, 1.82) is 0 Å². The molecule has 0 bridgehead atoms. The fraction of sp³-hybridized carbons (Fsp3) is 0.182. The Morgan fingerprint density at radius 1 is 1.41 bits per heavy atom. The summed E-state index contributed by atoms with van der Waals surface area (Å²) >= 11 is 5.66. The van der Waals surface area contributed by atoms with Gasteiger partial charge in [-0.05, 0) is 0 Å². The fourth-order valence-corrected chi connectivity index (χ4v) is 1.70. The van der Waals surface area contributed by atoms with Gasteiger partial charge in [0, 0.05) is 17.8 Å². The molecular weight excluding hydrogens is 242 g/mol. The molecule has 0 unspecified atom stereocenters. The second-order valence-corrected chi connectivity index (χ2v) is 3.83. The molecule has 0 saturated carbocycles. The summed E-state index contributed by atoms with van der Waals surface area (Å²) in [4.78, 5) is 10.4. The van der Waals surface area contributed by atoms with E-state index in [0.29, 0.717) is 18.0 Å². The molecule has 0 amide bonds. The van der Waals surface area contributed by atoms with Gasteiger partial charge in [0.15, 0.2) is 0 Å². The summed E-state index contributed by atoms with van der Waals surface area (Å²) in [6.07, 6.45) is 3.44. The molecule has 0 aliphatic heterocycles. The molecule has 0 spiro atoms. The van der Waals surface area contributed by atoms with E-state index in [9.17, 15) is 10.1 Å². The van der Waals surface area contributed by atoms with E-state index in [1.165, 1.54) is 6.07 Å². The van der Waals surface area contributed by atoms with Crippen molar-refractivity contribution in [3.05, 3.63) is 57.9 Å². The topological polar surface area (TPSA) is 61.0 Å². The second-order valence-electron chi connectivity index (χ2n) is 3.57. The number of halogens is 1. The predicted molar refractivity (Wildman–Crippen MR) is 64.0 cm³/mol. The van der Waals surface area contributed by atoms with E-state index in [1.54, 1.807) is 35.3 Å². The number of alkyl halides is 1. The molecule has 2 rings (SSSR count). The highest BCUT2D eigenvalue weighted by Gasteiger charge is 2.12. The minimum Gasteiger partial charge on any atom is -0.268 e. The van der Waals surface area contributed by atoms with E-state index < -0.39 is 0 Å². The maximum absolute atomic E-state index is 10.8. The van der Waals surface area contributed by atoms with Crippen molar-refractivity contribution in [2.45, 2.75) is 12.4 Å². The Balaban J connectivity index is 2.26. The zero-order valence-electron chi connectivity index (χ0n) is 8.91. The molecule has 0 atom stereocenters. The molecular formula is C11H10ClN3O2. The highest BCUT2D eigenvalue weighted by molar-refractivity contribution is 6.17. The van der Waals surface area contributed by atoms with Crippen LogP contribution in [0, 0.1) is 10.1 Å². The molecule has 0 N–H and O–H groups in total. The third-order valence-electron chi connectivity index (χ3n) is 2.36. The van der Waals surface area contributed by atoms with E-state index in [1.807, 2.05) is 0 Å². The number of benzene rings is 1. The van der Waals surface area contributed by atoms with Crippen LogP contribution in [0.15, 0.2) is 36.7 Å². The van der Waals surface area contributed by atoms with Gasteiger partial charge in [-0.2, -0.15) is 5.10 Å². The Kier molecular flexibility index (Phi) is 3.39. The van der Waals surface area contributed by atoms with Gasteiger partial charge in [-0.25, -0.2) is 0 Å². The third-order valence-corrected chi connectivity index (χ3v) is 2.67. The molecule has 2 aromatic rings. The van der Waals surface area contributed by atoms with Gasteiger partial charge >= 0.3 is 0 Å². The molecule has 0 aliphatic rings. The quantitative estimate of drug-likeness (QED) is 0.477. The van der Waals surface area contributed by atoms with E-state index in [2.05, 4.69) is 5.10 Å². The van der Waals surface area contributed by atoms with Gasteiger partial charge in [-0.15, -0.1) is 11.6 Å².